The minimum Gasteiger partial charge on any atom is -0.370 e. The summed E-state index contributed by atoms with van der Waals surface area (Å²) in [5.74, 6) is -4.58. The summed E-state index contributed by atoms with van der Waals surface area (Å²) in [6, 6.07) is 6.83. The van der Waals surface area contributed by atoms with E-state index < -0.39 is 37.4 Å². The first-order chi connectivity index (χ1) is 12.3. The van der Waals surface area contributed by atoms with Crippen LogP contribution in [0.4, 0.5) is 24.5 Å². The number of nitrogens with one attached hydrogen (secondary N) is 1. The van der Waals surface area contributed by atoms with Crippen LogP contribution in [0.15, 0.2) is 35.2 Å². The Morgan fingerprint density at radius 2 is 1.65 bits per heavy atom. The lowest BCUT2D eigenvalue weighted by Crippen LogP contribution is -2.30. The van der Waals surface area contributed by atoms with Gasteiger partial charge >= 0.3 is 0 Å². The minimum atomic E-state index is -4.65. The van der Waals surface area contributed by atoms with Gasteiger partial charge in [-0.05, 0) is 31.4 Å². The summed E-state index contributed by atoms with van der Waals surface area (Å²) in [5, 5.41) is -1.07. The molecule has 9 heteroatoms. The molecule has 4 nitrogen and oxygen atoms in total. The summed E-state index contributed by atoms with van der Waals surface area (Å²) in [6.07, 6.45) is 3.03. The van der Waals surface area contributed by atoms with Crippen molar-refractivity contribution < 1.29 is 21.6 Å². The van der Waals surface area contributed by atoms with E-state index in [1.54, 1.807) is 18.2 Å². The SMILES string of the molecule is O=S(=O)(Nc1ccccc1N1CCCCC1)c1c(F)cc(F)c(Cl)c1F. The zero-order valence-electron chi connectivity index (χ0n) is 13.6. The van der Waals surface area contributed by atoms with E-state index >= 15 is 0 Å². The van der Waals surface area contributed by atoms with Gasteiger partial charge < -0.3 is 4.90 Å². The van der Waals surface area contributed by atoms with Gasteiger partial charge in [-0.1, -0.05) is 23.7 Å². The average molecular weight is 405 g/mol. The third-order valence-electron chi connectivity index (χ3n) is 4.19. The van der Waals surface area contributed by atoms with Crippen LogP contribution in [0.25, 0.3) is 0 Å². The number of rotatable bonds is 4. The summed E-state index contributed by atoms with van der Waals surface area (Å²) in [5.41, 5.74) is 0.804. The molecule has 0 bridgehead atoms. The van der Waals surface area contributed by atoms with E-state index in [4.69, 9.17) is 11.6 Å². The van der Waals surface area contributed by atoms with Crippen molar-refractivity contribution in [2.24, 2.45) is 0 Å². The van der Waals surface area contributed by atoms with Gasteiger partial charge in [0.1, 0.15) is 16.7 Å². The fraction of sp³-hybridized carbons (Fsp3) is 0.294. The van der Waals surface area contributed by atoms with Crippen molar-refractivity contribution in [1.82, 2.24) is 0 Å². The lowest BCUT2D eigenvalue weighted by molar-refractivity contribution is 0.499. The van der Waals surface area contributed by atoms with Gasteiger partial charge in [-0.15, -0.1) is 0 Å². The summed E-state index contributed by atoms with van der Waals surface area (Å²) >= 11 is 5.40. The van der Waals surface area contributed by atoms with Crippen LogP contribution in [-0.2, 0) is 10.0 Å². The zero-order valence-corrected chi connectivity index (χ0v) is 15.2. The second-order valence-electron chi connectivity index (χ2n) is 5.97. The first kappa shape index (κ1) is 18.8. The highest BCUT2D eigenvalue weighted by Gasteiger charge is 2.29. The van der Waals surface area contributed by atoms with Crippen molar-refractivity contribution in [2.75, 3.05) is 22.7 Å². The molecule has 1 N–H and O–H groups in total. The van der Waals surface area contributed by atoms with Crippen molar-refractivity contribution >= 4 is 33.0 Å². The fourth-order valence-electron chi connectivity index (χ4n) is 2.96. The molecule has 2 aromatic carbocycles. The molecule has 0 aliphatic carbocycles. The number of nitrogens with zero attached hydrogens (tertiary/aromatic N) is 1. The van der Waals surface area contributed by atoms with E-state index in [2.05, 4.69) is 4.72 Å². The molecular weight excluding hydrogens is 389 g/mol. The maximum absolute atomic E-state index is 14.1. The van der Waals surface area contributed by atoms with Gasteiger partial charge in [0.05, 0.1) is 11.4 Å². The summed E-state index contributed by atoms with van der Waals surface area (Å²) < 4.78 is 68.7. The molecule has 1 heterocycles. The number of benzene rings is 2. The second kappa shape index (κ2) is 7.36. The van der Waals surface area contributed by atoms with Gasteiger partial charge in [0.2, 0.25) is 0 Å². The Balaban J connectivity index is 2.01. The van der Waals surface area contributed by atoms with Crippen LogP contribution in [0.1, 0.15) is 19.3 Å². The number of sulfonamides is 1. The molecule has 1 fully saturated rings. The van der Waals surface area contributed by atoms with Crippen LogP contribution >= 0.6 is 11.6 Å². The Labute approximate surface area is 154 Å². The molecule has 0 saturated carbocycles. The molecule has 140 valence electrons. The van der Waals surface area contributed by atoms with Crippen molar-refractivity contribution in [1.29, 1.82) is 0 Å². The van der Waals surface area contributed by atoms with Gasteiger partial charge in [0.15, 0.2) is 10.7 Å². The number of piperidine rings is 1. The van der Waals surface area contributed by atoms with Crippen molar-refractivity contribution in [3.8, 4) is 0 Å². The Morgan fingerprint density at radius 1 is 1.00 bits per heavy atom. The predicted molar refractivity (Wildman–Crippen MR) is 94.6 cm³/mol. The van der Waals surface area contributed by atoms with Crippen LogP contribution < -0.4 is 9.62 Å². The number of halogens is 4. The van der Waals surface area contributed by atoms with E-state index in [1.165, 1.54) is 6.07 Å². The molecule has 0 spiro atoms. The minimum absolute atomic E-state index is 0.189. The molecule has 1 saturated heterocycles. The molecule has 26 heavy (non-hydrogen) atoms. The Bertz CT molecular complexity index is 932. The highest BCUT2D eigenvalue weighted by molar-refractivity contribution is 7.92. The normalized spacial score (nSPS) is 15.2. The zero-order chi connectivity index (χ0) is 18.9. The molecule has 0 aromatic heterocycles. The molecule has 0 atom stereocenters. The maximum Gasteiger partial charge on any atom is 0.267 e. The van der Waals surface area contributed by atoms with E-state index in [1.807, 2.05) is 4.90 Å². The molecule has 0 radical (unpaired) electrons. The van der Waals surface area contributed by atoms with E-state index in [9.17, 15) is 21.6 Å². The van der Waals surface area contributed by atoms with Crippen molar-refractivity contribution in [3.63, 3.8) is 0 Å². The summed E-state index contributed by atoms with van der Waals surface area (Å²) in [6.45, 7) is 1.51. The molecule has 1 aliphatic heterocycles. The number of hydrogen-bond acceptors (Lipinski definition) is 3. The van der Waals surface area contributed by atoms with Gasteiger partial charge in [0, 0.05) is 19.2 Å². The topological polar surface area (TPSA) is 49.4 Å². The maximum atomic E-state index is 14.1. The van der Waals surface area contributed by atoms with E-state index in [0.29, 0.717) is 5.69 Å². The highest BCUT2D eigenvalue weighted by atomic mass is 35.5. The van der Waals surface area contributed by atoms with Crippen LogP contribution in [0.5, 0.6) is 0 Å². The largest absolute Gasteiger partial charge is 0.370 e. The summed E-state index contributed by atoms with van der Waals surface area (Å²) in [7, 11) is -4.65. The van der Waals surface area contributed by atoms with Gasteiger partial charge in [0.25, 0.3) is 10.0 Å². The van der Waals surface area contributed by atoms with E-state index in [0.717, 1.165) is 32.4 Å². The first-order valence-electron chi connectivity index (χ1n) is 8.01. The third kappa shape index (κ3) is 3.61. The molecule has 0 unspecified atom stereocenters. The van der Waals surface area contributed by atoms with E-state index in [-0.39, 0.29) is 11.8 Å². The Kier molecular flexibility index (Phi) is 5.34. The first-order valence-corrected chi connectivity index (χ1v) is 9.87. The smallest absolute Gasteiger partial charge is 0.267 e. The Hall–Kier alpha value is -1.93. The highest BCUT2D eigenvalue weighted by Crippen LogP contribution is 2.33. The van der Waals surface area contributed by atoms with Crippen LogP contribution in [-0.4, -0.2) is 21.5 Å². The number of anilines is 2. The molecule has 1 aliphatic rings. The molecule has 3 rings (SSSR count). The monoisotopic (exact) mass is 404 g/mol. The average Bonchev–Trinajstić information content (AvgIpc) is 2.60. The van der Waals surface area contributed by atoms with Gasteiger partial charge in [-0.25, -0.2) is 21.6 Å². The van der Waals surface area contributed by atoms with Gasteiger partial charge in [-0.2, -0.15) is 0 Å². The van der Waals surface area contributed by atoms with Crippen LogP contribution in [0.2, 0.25) is 5.02 Å². The number of hydrogen-bond donors (Lipinski definition) is 1. The van der Waals surface area contributed by atoms with Crippen molar-refractivity contribution in [3.05, 3.63) is 52.8 Å². The molecule has 0 amide bonds. The predicted octanol–water partition coefficient (Wildman–Crippen LogP) is 4.55. The van der Waals surface area contributed by atoms with Crippen LogP contribution in [0, 0.1) is 17.5 Å². The third-order valence-corrected chi connectivity index (χ3v) is 5.93. The molecular formula is C17H16ClF3N2O2S. The quantitative estimate of drug-likeness (QED) is 0.601. The summed E-state index contributed by atoms with van der Waals surface area (Å²) in [4.78, 5) is 0.698. The van der Waals surface area contributed by atoms with Gasteiger partial charge in [-0.3, -0.25) is 4.72 Å². The van der Waals surface area contributed by atoms with Crippen LogP contribution in [0.3, 0.4) is 0 Å². The molecule has 2 aromatic rings. The number of para-hydroxylation sites is 2. The Morgan fingerprint density at radius 3 is 2.35 bits per heavy atom. The fourth-order valence-corrected chi connectivity index (χ4v) is 4.39. The lowest BCUT2D eigenvalue weighted by Gasteiger charge is -2.30. The van der Waals surface area contributed by atoms with Crippen molar-refractivity contribution in [2.45, 2.75) is 24.2 Å². The second-order valence-corrected chi connectivity index (χ2v) is 7.96. The lowest BCUT2D eigenvalue weighted by atomic mass is 10.1. The standard InChI is InChI=1S/C17H16ClF3N2O2S/c18-15-11(19)10-12(20)17(16(15)21)26(24,25)22-13-6-2-3-7-14(13)23-8-4-1-5-9-23/h2-3,6-7,10,22H,1,4-5,8-9H2.